The minimum atomic E-state index is -4.38. The van der Waals surface area contributed by atoms with Crippen LogP contribution in [0, 0.1) is 5.92 Å². The molecule has 2 aliphatic rings. The minimum absolute atomic E-state index is 0.141. The molecule has 3 nitrogen and oxygen atoms in total. The van der Waals surface area contributed by atoms with Gasteiger partial charge in [0.05, 0.1) is 25.9 Å². The summed E-state index contributed by atoms with van der Waals surface area (Å²) in [6.07, 6.45) is -2.06. The standard InChI is InChI=1S/C17H15F3O3/c1-22-16(21)15-7-12-9-23-8-11(12)6-14(15)10-2-4-13(5-3-10)17(18,19)20/h2-6,12H,7-9H2,1H3. The van der Waals surface area contributed by atoms with Crippen molar-refractivity contribution in [3.8, 4) is 0 Å². The largest absolute Gasteiger partial charge is 0.466 e. The number of methoxy groups -OCH3 is 1. The van der Waals surface area contributed by atoms with E-state index in [1.165, 1.54) is 19.2 Å². The molecule has 122 valence electrons. The number of allylic oxidation sites excluding steroid dienone is 2. The maximum Gasteiger partial charge on any atom is 0.416 e. The Balaban J connectivity index is 2.03. The van der Waals surface area contributed by atoms with Crippen molar-refractivity contribution in [1.29, 1.82) is 0 Å². The fourth-order valence-electron chi connectivity index (χ4n) is 2.94. The van der Waals surface area contributed by atoms with Gasteiger partial charge < -0.3 is 9.47 Å². The van der Waals surface area contributed by atoms with E-state index in [2.05, 4.69) is 0 Å². The predicted octanol–water partition coefficient (Wildman–Crippen LogP) is 3.61. The number of halogens is 3. The fraction of sp³-hybridized carbons (Fsp3) is 0.353. The van der Waals surface area contributed by atoms with Crippen LogP contribution in [0.5, 0.6) is 0 Å². The Hall–Kier alpha value is -2.08. The summed E-state index contributed by atoms with van der Waals surface area (Å²) < 4.78 is 48.3. The van der Waals surface area contributed by atoms with Crippen LogP contribution >= 0.6 is 0 Å². The number of hydrogen-bond acceptors (Lipinski definition) is 3. The van der Waals surface area contributed by atoms with Gasteiger partial charge in [0.25, 0.3) is 0 Å². The van der Waals surface area contributed by atoms with Crippen LogP contribution in [0.4, 0.5) is 13.2 Å². The molecule has 0 amide bonds. The molecule has 6 heteroatoms. The molecule has 1 aromatic carbocycles. The maximum atomic E-state index is 12.7. The maximum absolute atomic E-state index is 12.7. The number of rotatable bonds is 2. The molecule has 1 atom stereocenters. The minimum Gasteiger partial charge on any atom is -0.466 e. The average molecular weight is 324 g/mol. The molecule has 0 aromatic heterocycles. The van der Waals surface area contributed by atoms with Crippen molar-refractivity contribution in [2.45, 2.75) is 12.6 Å². The van der Waals surface area contributed by atoms with Crippen LogP contribution in [-0.4, -0.2) is 26.3 Å². The Morgan fingerprint density at radius 2 is 1.96 bits per heavy atom. The molecule has 1 aromatic rings. The molecule has 1 heterocycles. The molecule has 1 aliphatic heterocycles. The molecular weight excluding hydrogens is 309 g/mol. The van der Waals surface area contributed by atoms with E-state index in [0.717, 1.165) is 17.7 Å². The van der Waals surface area contributed by atoms with Gasteiger partial charge in [0, 0.05) is 11.5 Å². The van der Waals surface area contributed by atoms with E-state index in [1.807, 2.05) is 6.08 Å². The van der Waals surface area contributed by atoms with Crippen LogP contribution in [0.1, 0.15) is 17.5 Å². The van der Waals surface area contributed by atoms with E-state index in [-0.39, 0.29) is 5.92 Å². The van der Waals surface area contributed by atoms with Gasteiger partial charge >= 0.3 is 12.1 Å². The third kappa shape index (κ3) is 3.03. The average Bonchev–Trinajstić information content (AvgIpc) is 2.99. The highest BCUT2D eigenvalue weighted by atomic mass is 19.4. The fourth-order valence-corrected chi connectivity index (χ4v) is 2.94. The van der Waals surface area contributed by atoms with E-state index >= 15 is 0 Å². The van der Waals surface area contributed by atoms with Crippen molar-refractivity contribution >= 4 is 11.5 Å². The lowest BCUT2D eigenvalue weighted by Gasteiger charge is -2.21. The number of esters is 1. The summed E-state index contributed by atoms with van der Waals surface area (Å²) in [5.41, 5.74) is 2.00. The van der Waals surface area contributed by atoms with E-state index in [0.29, 0.717) is 36.3 Å². The molecule has 1 aliphatic carbocycles. The zero-order chi connectivity index (χ0) is 16.6. The molecule has 0 bridgehead atoms. The number of alkyl halides is 3. The quantitative estimate of drug-likeness (QED) is 0.780. The molecule has 23 heavy (non-hydrogen) atoms. The number of fused-ring (bicyclic) bond motifs is 1. The van der Waals surface area contributed by atoms with Crippen LogP contribution in [0.2, 0.25) is 0 Å². The number of hydrogen-bond donors (Lipinski definition) is 0. The van der Waals surface area contributed by atoms with Gasteiger partial charge in [-0.15, -0.1) is 0 Å². The van der Waals surface area contributed by atoms with E-state index in [9.17, 15) is 18.0 Å². The van der Waals surface area contributed by atoms with Crippen LogP contribution < -0.4 is 0 Å². The lowest BCUT2D eigenvalue weighted by Crippen LogP contribution is -2.17. The third-order valence-corrected chi connectivity index (χ3v) is 4.17. The van der Waals surface area contributed by atoms with Crippen molar-refractivity contribution in [3.05, 3.63) is 52.6 Å². The van der Waals surface area contributed by atoms with Gasteiger partial charge in [0.2, 0.25) is 0 Å². The van der Waals surface area contributed by atoms with Crippen molar-refractivity contribution < 1.29 is 27.4 Å². The highest BCUT2D eigenvalue weighted by molar-refractivity contribution is 6.01. The highest BCUT2D eigenvalue weighted by Gasteiger charge is 2.33. The number of carbonyl (C=O) groups is 1. The Morgan fingerprint density at radius 3 is 2.57 bits per heavy atom. The molecule has 3 rings (SSSR count). The van der Waals surface area contributed by atoms with Gasteiger partial charge in [-0.3, -0.25) is 0 Å². The Labute approximate surface area is 131 Å². The number of carbonyl (C=O) groups excluding carboxylic acids is 1. The molecule has 1 fully saturated rings. The third-order valence-electron chi connectivity index (χ3n) is 4.17. The lowest BCUT2D eigenvalue weighted by molar-refractivity contribution is -0.138. The van der Waals surface area contributed by atoms with Gasteiger partial charge in [-0.1, -0.05) is 18.2 Å². The van der Waals surface area contributed by atoms with Crippen molar-refractivity contribution in [1.82, 2.24) is 0 Å². The van der Waals surface area contributed by atoms with E-state index in [4.69, 9.17) is 9.47 Å². The summed E-state index contributed by atoms with van der Waals surface area (Å²) in [5, 5.41) is 0. The summed E-state index contributed by atoms with van der Waals surface area (Å²) in [7, 11) is 1.30. The predicted molar refractivity (Wildman–Crippen MR) is 77.4 cm³/mol. The van der Waals surface area contributed by atoms with E-state index in [1.54, 1.807) is 0 Å². The van der Waals surface area contributed by atoms with Crippen molar-refractivity contribution in [3.63, 3.8) is 0 Å². The van der Waals surface area contributed by atoms with Crippen LogP contribution in [0.15, 0.2) is 41.5 Å². The second-order valence-corrected chi connectivity index (χ2v) is 5.59. The van der Waals surface area contributed by atoms with Gasteiger partial charge in [-0.05, 0) is 35.3 Å². The second kappa shape index (κ2) is 5.85. The Kier molecular flexibility index (Phi) is 4.02. The SMILES string of the molecule is COC(=O)C1=C(c2ccc(C(F)(F)F)cc2)C=C2COCC2C1. The zero-order valence-corrected chi connectivity index (χ0v) is 12.4. The lowest BCUT2D eigenvalue weighted by atomic mass is 9.83. The first kappa shape index (κ1) is 15.8. The molecular formula is C17H15F3O3. The summed E-state index contributed by atoms with van der Waals surface area (Å²) in [6, 6.07) is 4.81. The van der Waals surface area contributed by atoms with Gasteiger partial charge in [0.15, 0.2) is 0 Å². The molecule has 1 saturated heterocycles. The summed E-state index contributed by atoms with van der Waals surface area (Å²) >= 11 is 0. The molecule has 0 radical (unpaired) electrons. The summed E-state index contributed by atoms with van der Waals surface area (Å²) in [6.45, 7) is 1.04. The first-order chi connectivity index (χ1) is 10.9. The molecule has 1 unspecified atom stereocenters. The Bertz CT molecular complexity index is 684. The first-order valence-electron chi connectivity index (χ1n) is 7.17. The van der Waals surface area contributed by atoms with Gasteiger partial charge in [0.1, 0.15) is 0 Å². The monoisotopic (exact) mass is 324 g/mol. The van der Waals surface area contributed by atoms with Crippen molar-refractivity contribution in [2.24, 2.45) is 5.92 Å². The van der Waals surface area contributed by atoms with Gasteiger partial charge in [-0.2, -0.15) is 13.2 Å². The van der Waals surface area contributed by atoms with Crippen LogP contribution in [0.3, 0.4) is 0 Å². The summed E-state index contributed by atoms with van der Waals surface area (Å²) in [5.74, 6) is -0.315. The smallest absolute Gasteiger partial charge is 0.416 e. The highest BCUT2D eigenvalue weighted by Crippen LogP contribution is 2.38. The summed E-state index contributed by atoms with van der Waals surface area (Å²) in [4.78, 5) is 12.0. The first-order valence-corrected chi connectivity index (χ1v) is 7.17. The second-order valence-electron chi connectivity index (χ2n) is 5.59. The normalized spacial score (nSPS) is 21.0. The topological polar surface area (TPSA) is 35.5 Å². The Morgan fingerprint density at radius 1 is 1.26 bits per heavy atom. The number of benzene rings is 1. The van der Waals surface area contributed by atoms with Crippen molar-refractivity contribution in [2.75, 3.05) is 20.3 Å². The van der Waals surface area contributed by atoms with Crippen LogP contribution in [0.25, 0.3) is 5.57 Å². The van der Waals surface area contributed by atoms with E-state index < -0.39 is 17.7 Å². The van der Waals surface area contributed by atoms with Gasteiger partial charge in [-0.25, -0.2) is 4.79 Å². The molecule has 0 saturated carbocycles. The number of ether oxygens (including phenoxy) is 2. The van der Waals surface area contributed by atoms with Crippen LogP contribution in [-0.2, 0) is 20.4 Å². The molecule has 0 N–H and O–H groups in total. The zero-order valence-electron chi connectivity index (χ0n) is 12.4. The molecule has 0 spiro atoms.